The van der Waals surface area contributed by atoms with Gasteiger partial charge in [0, 0.05) is 43.8 Å². The largest absolute Gasteiger partial charge is 0.397 e. The second-order valence-electron chi connectivity index (χ2n) is 5.43. The highest BCUT2D eigenvalue weighted by molar-refractivity contribution is 5.72. The number of rotatable bonds is 3. The molecule has 1 aliphatic rings. The van der Waals surface area contributed by atoms with Gasteiger partial charge in [0.2, 0.25) is 0 Å². The Labute approximate surface area is 125 Å². The van der Waals surface area contributed by atoms with Crippen LogP contribution in [0.1, 0.15) is 0 Å². The molecule has 1 aliphatic heterocycles. The molecule has 0 bridgehead atoms. The van der Waals surface area contributed by atoms with Gasteiger partial charge in [0.25, 0.3) is 0 Å². The Hall–Kier alpha value is -2.27. The van der Waals surface area contributed by atoms with Gasteiger partial charge < -0.3 is 20.9 Å². The standard InChI is InChI=1S/C16H21N5/c1-20-8-10-21(11-9-20)14-4-2-13(3-5-14)19-16-12-18-7-6-15(16)17/h2-7,12,19H,8-11H2,1H3,(H2,17,18). The SMILES string of the molecule is CN1CCN(c2ccc(Nc3cnccc3N)cc2)CC1. The first-order chi connectivity index (χ1) is 10.2. The molecule has 2 aromatic rings. The smallest absolute Gasteiger partial charge is 0.0804 e. The van der Waals surface area contributed by atoms with E-state index in [0.717, 1.165) is 37.6 Å². The van der Waals surface area contributed by atoms with Gasteiger partial charge in [-0.15, -0.1) is 0 Å². The van der Waals surface area contributed by atoms with Crippen LogP contribution in [0.3, 0.4) is 0 Å². The Balaban J connectivity index is 1.68. The third-order valence-electron chi connectivity index (χ3n) is 3.87. The monoisotopic (exact) mass is 283 g/mol. The number of piperazine rings is 1. The van der Waals surface area contributed by atoms with Crippen molar-refractivity contribution in [2.45, 2.75) is 0 Å². The van der Waals surface area contributed by atoms with Crippen LogP contribution in [0.2, 0.25) is 0 Å². The molecule has 3 rings (SSSR count). The van der Waals surface area contributed by atoms with E-state index in [1.165, 1.54) is 5.69 Å². The summed E-state index contributed by atoms with van der Waals surface area (Å²) in [6, 6.07) is 10.3. The van der Waals surface area contributed by atoms with Crippen molar-refractivity contribution < 1.29 is 0 Å². The minimum Gasteiger partial charge on any atom is -0.397 e. The van der Waals surface area contributed by atoms with Crippen LogP contribution in [-0.2, 0) is 0 Å². The van der Waals surface area contributed by atoms with E-state index in [0.29, 0.717) is 5.69 Å². The van der Waals surface area contributed by atoms with Crippen LogP contribution in [0.25, 0.3) is 0 Å². The van der Waals surface area contributed by atoms with Crippen LogP contribution in [0.4, 0.5) is 22.7 Å². The Kier molecular flexibility index (Phi) is 3.92. The number of likely N-dealkylation sites (N-methyl/N-ethyl adjacent to an activating group) is 1. The number of nitrogens with one attached hydrogen (secondary N) is 1. The molecule has 1 fully saturated rings. The molecule has 0 saturated carbocycles. The predicted molar refractivity (Wildman–Crippen MR) is 88.1 cm³/mol. The van der Waals surface area contributed by atoms with Crippen molar-refractivity contribution >= 4 is 22.7 Å². The zero-order valence-corrected chi connectivity index (χ0v) is 12.3. The fraction of sp³-hybridized carbons (Fsp3) is 0.312. The zero-order valence-electron chi connectivity index (χ0n) is 12.3. The van der Waals surface area contributed by atoms with Crippen molar-refractivity contribution in [2.24, 2.45) is 0 Å². The normalized spacial score (nSPS) is 16.0. The molecule has 110 valence electrons. The van der Waals surface area contributed by atoms with Crippen molar-refractivity contribution in [1.29, 1.82) is 0 Å². The van der Waals surface area contributed by atoms with Crippen molar-refractivity contribution in [3.8, 4) is 0 Å². The molecule has 5 nitrogen and oxygen atoms in total. The summed E-state index contributed by atoms with van der Waals surface area (Å²) in [5.41, 5.74) is 9.74. The number of anilines is 4. The van der Waals surface area contributed by atoms with Crippen LogP contribution >= 0.6 is 0 Å². The Morgan fingerprint density at radius 2 is 1.76 bits per heavy atom. The van der Waals surface area contributed by atoms with Crippen LogP contribution in [0.5, 0.6) is 0 Å². The highest BCUT2D eigenvalue weighted by Gasteiger charge is 2.13. The predicted octanol–water partition coefficient (Wildman–Crippen LogP) is 2.16. The van der Waals surface area contributed by atoms with E-state index in [9.17, 15) is 0 Å². The molecular weight excluding hydrogens is 262 g/mol. The molecule has 21 heavy (non-hydrogen) atoms. The Bertz CT molecular complexity index is 588. The molecule has 1 aromatic heterocycles. The van der Waals surface area contributed by atoms with E-state index in [-0.39, 0.29) is 0 Å². The summed E-state index contributed by atoms with van der Waals surface area (Å²) >= 11 is 0. The summed E-state index contributed by atoms with van der Waals surface area (Å²) < 4.78 is 0. The number of hydrogen-bond donors (Lipinski definition) is 2. The average molecular weight is 283 g/mol. The lowest BCUT2D eigenvalue weighted by Gasteiger charge is -2.34. The van der Waals surface area contributed by atoms with E-state index in [1.54, 1.807) is 18.5 Å². The van der Waals surface area contributed by atoms with E-state index in [1.807, 2.05) is 0 Å². The highest BCUT2D eigenvalue weighted by Crippen LogP contribution is 2.24. The van der Waals surface area contributed by atoms with E-state index in [4.69, 9.17) is 5.73 Å². The maximum atomic E-state index is 5.91. The number of hydrogen-bond acceptors (Lipinski definition) is 5. The number of benzene rings is 1. The van der Waals surface area contributed by atoms with Crippen molar-refractivity contribution in [1.82, 2.24) is 9.88 Å². The second-order valence-corrected chi connectivity index (χ2v) is 5.43. The molecule has 1 aromatic carbocycles. The maximum absolute atomic E-state index is 5.91. The van der Waals surface area contributed by atoms with Crippen LogP contribution in [0.15, 0.2) is 42.7 Å². The molecule has 0 radical (unpaired) electrons. The first kappa shape index (κ1) is 13.7. The number of nitrogen functional groups attached to an aromatic ring is 1. The summed E-state index contributed by atoms with van der Waals surface area (Å²) in [4.78, 5) is 8.86. The first-order valence-electron chi connectivity index (χ1n) is 7.22. The molecule has 3 N–H and O–H groups in total. The van der Waals surface area contributed by atoms with Crippen LogP contribution < -0.4 is 16.0 Å². The van der Waals surface area contributed by atoms with Gasteiger partial charge in [-0.1, -0.05) is 0 Å². The quantitative estimate of drug-likeness (QED) is 0.904. The van der Waals surface area contributed by atoms with Gasteiger partial charge in [0.15, 0.2) is 0 Å². The fourth-order valence-electron chi connectivity index (χ4n) is 2.49. The number of nitrogens with two attached hydrogens (primary N) is 1. The van der Waals surface area contributed by atoms with Crippen LogP contribution in [0, 0.1) is 0 Å². The minimum atomic E-state index is 0.702. The van der Waals surface area contributed by atoms with Gasteiger partial charge in [0.1, 0.15) is 0 Å². The summed E-state index contributed by atoms with van der Waals surface area (Å²) in [5.74, 6) is 0. The Morgan fingerprint density at radius 3 is 2.43 bits per heavy atom. The van der Waals surface area contributed by atoms with Crippen molar-refractivity contribution in [3.63, 3.8) is 0 Å². The van der Waals surface area contributed by atoms with E-state index < -0.39 is 0 Å². The fourth-order valence-corrected chi connectivity index (χ4v) is 2.49. The van der Waals surface area contributed by atoms with Gasteiger partial charge in [-0.3, -0.25) is 4.98 Å². The molecule has 0 aliphatic carbocycles. The molecule has 1 saturated heterocycles. The maximum Gasteiger partial charge on any atom is 0.0804 e. The summed E-state index contributed by atoms with van der Waals surface area (Å²) in [6.45, 7) is 4.40. The second kappa shape index (κ2) is 6.01. The zero-order chi connectivity index (χ0) is 14.7. The third-order valence-corrected chi connectivity index (χ3v) is 3.87. The lowest BCUT2D eigenvalue weighted by atomic mass is 10.2. The van der Waals surface area contributed by atoms with E-state index in [2.05, 4.69) is 51.4 Å². The summed E-state index contributed by atoms with van der Waals surface area (Å²) in [7, 11) is 2.17. The Morgan fingerprint density at radius 1 is 1.05 bits per heavy atom. The molecule has 0 amide bonds. The van der Waals surface area contributed by atoms with Gasteiger partial charge in [-0.2, -0.15) is 0 Å². The average Bonchev–Trinajstić information content (AvgIpc) is 2.51. The highest BCUT2D eigenvalue weighted by atomic mass is 15.2. The van der Waals surface area contributed by atoms with Gasteiger partial charge >= 0.3 is 0 Å². The first-order valence-corrected chi connectivity index (χ1v) is 7.22. The van der Waals surface area contributed by atoms with Gasteiger partial charge in [0.05, 0.1) is 17.6 Å². The number of nitrogens with zero attached hydrogens (tertiary/aromatic N) is 3. The number of aromatic nitrogens is 1. The van der Waals surface area contributed by atoms with Crippen molar-refractivity contribution in [3.05, 3.63) is 42.7 Å². The molecular formula is C16H21N5. The van der Waals surface area contributed by atoms with Crippen molar-refractivity contribution in [2.75, 3.05) is 49.2 Å². The van der Waals surface area contributed by atoms with E-state index >= 15 is 0 Å². The van der Waals surface area contributed by atoms with Gasteiger partial charge in [-0.05, 0) is 37.4 Å². The third kappa shape index (κ3) is 3.25. The molecule has 0 atom stereocenters. The minimum absolute atomic E-state index is 0.702. The molecule has 5 heteroatoms. The van der Waals surface area contributed by atoms with Gasteiger partial charge in [-0.25, -0.2) is 0 Å². The summed E-state index contributed by atoms with van der Waals surface area (Å²) in [5, 5.41) is 3.30. The lowest BCUT2D eigenvalue weighted by Crippen LogP contribution is -2.44. The molecule has 0 spiro atoms. The molecule has 0 unspecified atom stereocenters. The number of pyridine rings is 1. The molecule has 2 heterocycles. The van der Waals surface area contributed by atoms with Crippen LogP contribution in [-0.4, -0.2) is 43.1 Å². The topological polar surface area (TPSA) is 57.4 Å². The lowest BCUT2D eigenvalue weighted by molar-refractivity contribution is 0.313. The summed E-state index contributed by atoms with van der Waals surface area (Å²) in [6.07, 6.45) is 3.43.